The summed E-state index contributed by atoms with van der Waals surface area (Å²) in [4.78, 5) is 14.2. The number of rotatable bonds is 2. The van der Waals surface area contributed by atoms with Gasteiger partial charge in [0.2, 0.25) is 0 Å². The molecule has 1 heterocycles. The number of fused-ring (bicyclic) bond motifs is 1. The van der Waals surface area contributed by atoms with Gasteiger partial charge >= 0.3 is 0 Å². The third-order valence-electron chi connectivity index (χ3n) is 2.18. The summed E-state index contributed by atoms with van der Waals surface area (Å²) in [6, 6.07) is 5.96. The van der Waals surface area contributed by atoms with Gasteiger partial charge in [0.1, 0.15) is 5.78 Å². The summed E-state index contributed by atoms with van der Waals surface area (Å²) < 4.78 is 1.03. The molecule has 2 rings (SSSR count). The zero-order valence-electron chi connectivity index (χ0n) is 7.80. The third kappa shape index (κ3) is 1.60. The Morgan fingerprint density at radius 3 is 3.00 bits per heavy atom. The summed E-state index contributed by atoms with van der Waals surface area (Å²) in [5, 5.41) is 1.11. The van der Waals surface area contributed by atoms with Crippen molar-refractivity contribution in [2.75, 3.05) is 0 Å². The maximum atomic E-state index is 11.0. The van der Waals surface area contributed by atoms with Gasteiger partial charge in [-0.1, -0.05) is 22.0 Å². The van der Waals surface area contributed by atoms with Crippen molar-refractivity contribution in [2.45, 2.75) is 13.3 Å². The van der Waals surface area contributed by atoms with Crippen LogP contribution in [-0.4, -0.2) is 10.8 Å². The van der Waals surface area contributed by atoms with E-state index in [9.17, 15) is 4.79 Å². The minimum Gasteiger partial charge on any atom is -0.361 e. The highest BCUT2D eigenvalue weighted by molar-refractivity contribution is 9.10. The summed E-state index contributed by atoms with van der Waals surface area (Å²) in [6.45, 7) is 1.61. The first-order chi connectivity index (χ1) is 6.68. The number of aromatic amines is 1. The van der Waals surface area contributed by atoms with Crippen molar-refractivity contribution >= 4 is 32.6 Å². The van der Waals surface area contributed by atoms with Gasteiger partial charge in [0.25, 0.3) is 0 Å². The van der Waals surface area contributed by atoms with E-state index in [-0.39, 0.29) is 5.78 Å². The van der Waals surface area contributed by atoms with Crippen molar-refractivity contribution in [3.63, 3.8) is 0 Å². The number of carbonyl (C=O) groups is 1. The topological polar surface area (TPSA) is 32.9 Å². The van der Waals surface area contributed by atoms with Crippen molar-refractivity contribution in [3.05, 3.63) is 34.4 Å². The first-order valence-electron chi connectivity index (χ1n) is 4.42. The predicted molar refractivity (Wildman–Crippen MR) is 60.4 cm³/mol. The fourth-order valence-electron chi connectivity index (χ4n) is 1.62. The number of hydrogen-bond donors (Lipinski definition) is 1. The fourth-order valence-corrected chi connectivity index (χ4v) is 2.24. The molecule has 2 aromatic rings. The zero-order valence-corrected chi connectivity index (χ0v) is 9.39. The normalized spacial score (nSPS) is 10.7. The van der Waals surface area contributed by atoms with Crippen LogP contribution in [0.2, 0.25) is 0 Å². The Morgan fingerprint density at radius 1 is 1.50 bits per heavy atom. The van der Waals surface area contributed by atoms with Gasteiger partial charge in [0, 0.05) is 28.0 Å². The van der Waals surface area contributed by atoms with Crippen molar-refractivity contribution in [1.82, 2.24) is 4.98 Å². The smallest absolute Gasteiger partial charge is 0.134 e. The number of hydrogen-bond acceptors (Lipinski definition) is 1. The minimum absolute atomic E-state index is 0.182. The predicted octanol–water partition coefficient (Wildman–Crippen LogP) is 3.06. The second kappa shape index (κ2) is 3.58. The van der Waals surface area contributed by atoms with Crippen LogP contribution >= 0.6 is 15.9 Å². The SMILES string of the molecule is CC(=O)Cc1c[nH]c2cccc(Br)c12. The van der Waals surface area contributed by atoms with Crippen LogP contribution in [0.3, 0.4) is 0 Å². The summed E-state index contributed by atoms with van der Waals surface area (Å²) in [5.74, 6) is 0.182. The second-order valence-electron chi connectivity index (χ2n) is 3.36. The van der Waals surface area contributed by atoms with Crippen molar-refractivity contribution in [2.24, 2.45) is 0 Å². The van der Waals surface area contributed by atoms with Crippen molar-refractivity contribution < 1.29 is 4.79 Å². The first-order valence-corrected chi connectivity index (χ1v) is 5.21. The molecule has 0 atom stereocenters. The Morgan fingerprint density at radius 2 is 2.29 bits per heavy atom. The van der Waals surface area contributed by atoms with Gasteiger partial charge in [-0.15, -0.1) is 0 Å². The number of benzene rings is 1. The molecule has 1 N–H and O–H groups in total. The lowest BCUT2D eigenvalue weighted by Gasteiger charge is -1.97. The number of halogens is 1. The molecular weight excluding hydrogens is 242 g/mol. The van der Waals surface area contributed by atoms with Crippen LogP contribution < -0.4 is 0 Å². The Balaban J connectivity index is 2.61. The summed E-state index contributed by atoms with van der Waals surface area (Å²) in [5.41, 5.74) is 2.12. The summed E-state index contributed by atoms with van der Waals surface area (Å²) in [7, 11) is 0. The Hall–Kier alpha value is -1.09. The van der Waals surface area contributed by atoms with Gasteiger partial charge in [-0.05, 0) is 24.6 Å². The monoisotopic (exact) mass is 251 g/mol. The number of H-pyrrole nitrogens is 1. The summed E-state index contributed by atoms with van der Waals surface area (Å²) >= 11 is 3.49. The first kappa shape index (κ1) is 9.46. The highest BCUT2D eigenvalue weighted by Gasteiger charge is 2.07. The average Bonchev–Trinajstić information content (AvgIpc) is 2.49. The van der Waals surface area contributed by atoms with E-state index in [0.29, 0.717) is 6.42 Å². The van der Waals surface area contributed by atoms with E-state index in [1.807, 2.05) is 24.4 Å². The standard InChI is InChI=1S/C11H10BrNO/c1-7(14)5-8-6-13-10-4-2-3-9(12)11(8)10/h2-4,6,13H,5H2,1H3. The molecule has 0 saturated carbocycles. The van der Waals surface area contributed by atoms with Crippen molar-refractivity contribution in [3.8, 4) is 0 Å². The minimum atomic E-state index is 0.182. The van der Waals surface area contributed by atoms with E-state index in [1.165, 1.54) is 0 Å². The Kier molecular flexibility index (Phi) is 2.42. The number of Topliss-reactive ketones (excluding diaryl/α,β-unsaturated/α-hetero) is 1. The molecule has 2 nitrogen and oxygen atoms in total. The molecule has 14 heavy (non-hydrogen) atoms. The number of aromatic nitrogens is 1. The van der Waals surface area contributed by atoms with Gasteiger partial charge in [-0.25, -0.2) is 0 Å². The lowest BCUT2D eigenvalue weighted by Crippen LogP contribution is -1.94. The molecule has 72 valence electrons. The lowest BCUT2D eigenvalue weighted by molar-refractivity contribution is -0.116. The van der Waals surface area contributed by atoms with E-state index in [2.05, 4.69) is 20.9 Å². The van der Waals surface area contributed by atoms with E-state index in [0.717, 1.165) is 20.9 Å². The Bertz CT molecular complexity index is 487. The number of carbonyl (C=O) groups excluding carboxylic acids is 1. The zero-order chi connectivity index (χ0) is 10.1. The highest BCUT2D eigenvalue weighted by Crippen LogP contribution is 2.27. The van der Waals surface area contributed by atoms with Gasteiger partial charge < -0.3 is 4.98 Å². The van der Waals surface area contributed by atoms with Crippen LogP contribution in [0.25, 0.3) is 10.9 Å². The van der Waals surface area contributed by atoms with E-state index in [1.54, 1.807) is 6.92 Å². The molecule has 0 bridgehead atoms. The third-order valence-corrected chi connectivity index (χ3v) is 2.84. The largest absolute Gasteiger partial charge is 0.361 e. The molecular formula is C11H10BrNO. The number of nitrogens with one attached hydrogen (secondary N) is 1. The van der Waals surface area contributed by atoms with Crippen LogP contribution in [0.5, 0.6) is 0 Å². The van der Waals surface area contributed by atoms with Crippen LogP contribution in [0, 0.1) is 0 Å². The van der Waals surface area contributed by atoms with Crippen LogP contribution in [-0.2, 0) is 11.2 Å². The van der Waals surface area contributed by atoms with Crippen molar-refractivity contribution in [1.29, 1.82) is 0 Å². The molecule has 0 aliphatic carbocycles. The molecule has 0 radical (unpaired) electrons. The molecule has 1 aromatic carbocycles. The van der Waals surface area contributed by atoms with E-state index >= 15 is 0 Å². The quantitative estimate of drug-likeness (QED) is 0.875. The van der Waals surface area contributed by atoms with Gasteiger partial charge in [0.15, 0.2) is 0 Å². The van der Waals surface area contributed by atoms with Gasteiger partial charge in [-0.3, -0.25) is 4.79 Å². The van der Waals surface area contributed by atoms with Gasteiger partial charge in [0.05, 0.1) is 0 Å². The molecule has 0 aliphatic heterocycles. The molecule has 0 saturated heterocycles. The van der Waals surface area contributed by atoms with E-state index in [4.69, 9.17) is 0 Å². The number of ketones is 1. The maximum Gasteiger partial charge on any atom is 0.134 e. The molecule has 0 aliphatic rings. The van der Waals surface area contributed by atoms with Crippen LogP contribution in [0.15, 0.2) is 28.9 Å². The van der Waals surface area contributed by atoms with Crippen LogP contribution in [0.4, 0.5) is 0 Å². The maximum absolute atomic E-state index is 11.0. The highest BCUT2D eigenvalue weighted by atomic mass is 79.9. The molecule has 0 unspecified atom stereocenters. The van der Waals surface area contributed by atoms with Crippen LogP contribution in [0.1, 0.15) is 12.5 Å². The Labute approximate surface area is 90.4 Å². The van der Waals surface area contributed by atoms with E-state index < -0.39 is 0 Å². The lowest BCUT2D eigenvalue weighted by atomic mass is 10.1. The fraction of sp³-hybridized carbons (Fsp3) is 0.182. The average molecular weight is 252 g/mol. The molecule has 1 aromatic heterocycles. The molecule has 0 fully saturated rings. The molecule has 0 spiro atoms. The second-order valence-corrected chi connectivity index (χ2v) is 4.21. The van der Waals surface area contributed by atoms with Gasteiger partial charge in [-0.2, -0.15) is 0 Å². The molecule has 0 amide bonds. The summed E-state index contributed by atoms with van der Waals surface area (Å²) in [6.07, 6.45) is 2.39. The molecule has 3 heteroatoms.